The summed E-state index contributed by atoms with van der Waals surface area (Å²) < 4.78 is 0. The SMILES string of the molecule is Cc1ccccc1CC(C)(C)NC(=O)c1cccc(N2NC(=O)C3CC=CCC3C2=O)c1. The van der Waals surface area contributed by atoms with Gasteiger partial charge in [-0.15, -0.1) is 0 Å². The van der Waals surface area contributed by atoms with Crippen LogP contribution in [0.25, 0.3) is 0 Å². The van der Waals surface area contributed by atoms with Gasteiger partial charge in [0.05, 0.1) is 17.5 Å². The lowest BCUT2D eigenvalue weighted by Crippen LogP contribution is -2.59. The Morgan fingerprint density at radius 1 is 1.06 bits per heavy atom. The van der Waals surface area contributed by atoms with Crippen LogP contribution in [-0.2, 0) is 16.0 Å². The molecule has 2 unspecified atom stereocenters. The lowest BCUT2D eigenvalue weighted by atomic mass is 9.80. The summed E-state index contributed by atoms with van der Waals surface area (Å²) in [5, 5.41) is 4.39. The van der Waals surface area contributed by atoms with Gasteiger partial charge in [-0.25, -0.2) is 5.01 Å². The van der Waals surface area contributed by atoms with E-state index in [9.17, 15) is 14.4 Å². The van der Waals surface area contributed by atoms with Crippen LogP contribution in [0.2, 0.25) is 0 Å². The van der Waals surface area contributed by atoms with E-state index in [0.29, 0.717) is 30.5 Å². The minimum atomic E-state index is -0.462. The molecule has 3 amide bonds. The number of fused-ring (bicyclic) bond motifs is 1. The van der Waals surface area contributed by atoms with Gasteiger partial charge in [-0.3, -0.25) is 19.8 Å². The number of aryl methyl sites for hydroxylation is 1. The number of hydrogen-bond donors (Lipinski definition) is 2. The Morgan fingerprint density at radius 2 is 1.78 bits per heavy atom. The average molecular weight is 432 g/mol. The fourth-order valence-electron chi connectivity index (χ4n) is 4.48. The Bertz CT molecular complexity index is 1090. The van der Waals surface area contributed by atoms with Gasteiger partial charge in [-0.05, 0) is 69.4 Å². The van der Waals surface area contributed by atoms with E-state index in [2.05, 4.69) is 29.8 Å². The summed E-state index contributed by atoms with van der Waals surface area (Å²) in [6, 6.07) is 15.0. The van der Waals surface area contributed by atoms with Crippen LogP contribution in [0.1, 0.15) is 48.2 Å². The van der Waals surface area contributed by atoms with Crippen LogP contribution in [0, 0.1) is 18.8 Å². The van der Waals surface area contributed by atoms with E-state index >= 15 is 0 Å². The summed E-state index contributed by atoms with van der Waals surface area (Å²) in [4.78, 5) is 38.6. The van der Waals surface area contributed by atoms with Crippen LogP contribution < -0.4 is 15.8 Å². The minimum absolute atomic E-state index is 0.142. The van der Waals surface area contributed by atoms with Crippen molar-refractivity contribution in [3.63, 3.8) is 0 Å². The Balaban J connectivity index is 1.50. The van der Waals surface area contributed by atoms with E-state index in [1.165, 1.54) is 16.1 Å². The standard InChI is InChI=1S/C26H29N3O3/c1-17-9-4-5-10-19(17)16-26(2,3)27-23(30)18-11-8-12-20(15-18)29-25(32)22-14-7-6-13-21(22)24(31)28-29/h4-12,15,21-22H,13-14,16H2,1-3H3,(H,27,30)(H,28,31). The maximum Gasteiger partial charge on any atom is 0.251 e. The van der Waals surface area contributed by atoms with Gasteiger partial charge in [0.2, 0.25) is 11.8 Å². The number of anilines is 1. The molecule has 2 aromatic rings. The molecule has 2 atom stereocenters. The first-order valence-electron chi connectivity index (χ1n) is 11.0. The van der Waals surface area contributed by atoms with Crippen molar-refractivity contribution in [2.45, 2.75) is 45.6 Å². The molecule has 6 nitrogen and oxygen atoms in total. The molecule has 2 aromatic carbocycles. The predicted molar refractivity (Wildman–Crippen MR) is 124 cm³/mol. The van der Waals surface area contributed by atoms with Gasteiger partial charge >= 0.3 is 0 Å². The largest absolute Gasteiger partial charge is 0.347 e. The molecule has 32 heavy (non-hydrogen) atoms. The van der Waals surface area contributed by atoms with E-state index in [1.807, 2.05) is 38.1 Å². The van der Waals surface area contributed by atoms with E-state index in [4.69, 9.17) is 0 Å². The zero-order valence-electron chi connectivity index (χ0n) is 18.7. The first-order valence-corrected chi connectivity index (χ1v) is 11.0. The second-order valence-electron chi connectivity index (χ2n) is 9.30. The molecule has 0 radical (unpaired) electrons. The summed E-state index contributed by atoms with van der Waals surface area (Å²) >= 11 is 0. The smallest absolute Gasteiger partial charge is 0.251 e. The lowest BCUT2D eigenvalue weighted by Gasteiger charge is -2.38. The second-order valence-corrected chi connectivity index (χ2v) is 9.30. The van der Waals surface area contributed by atoms with Crippen LogP contribution >= 0.6 is 0 Å². The Labute approximate surface area is 188 Å². The van der Waals surface area contributed by atoms with E-state index in [1.54, 1.807) is 24.3 Å². The average Bonchev–Trinajstić information content (AvgIpc) is 2.77. The van der Waals surface area contributed by atoms with Crippen molar-refractivity contribution < 1.29 is 14.4 Å². The van der Waals surface area contributed by atoms with Gasteiger partial charge in [0, 0.05) is 11.1 Å². The molecule has 2 N–H and O–H groups in total. The first-order chi connectivity index (χ1) is 15.2. The number of carbonyl (C=O) groups is 3. The maximum absolute atomic E-state index is 13.0. The van der Waals surface area contributed by atoms with Crippen molar-refractivity contribution in [1.82, 2.24) is 10.7 Å². The van der Waals surface area contributed by atoms with Gasteiger partial charge < -0.3 is 5.32 Å². The van der Waals surface area contributed by atoms with Gasteiger partial charge in [0.15, 0.2) is 0 Å². The molecule has 1 heterocycles. The Morgan fingerprint density at radius 3 is 2.53 bits per heavy atom. The molecular weight excluding hydrogens is 402 g/mol. The molecule has 0 saturated carbocycles. The predicted octanol–water partition coefficient (Wildman–Crippen LogP) is 3.71. The molecule has 0 aromatic heterocycles. The van der Waals surface area contributed by atoms with Crippen LogP contribution in [-0.4, -0.2) is 23.3 Å². The molecule has 166 valence electrons. The molecule has 1 fully saturated rings. The van der Waals surface area contributed by atoms with E-state index in [0.717, 1.165) is 0 Å². The molecule has 1 aliphatic carbocycles. The van der Waals surface area contributed by atoms with Gasteiger partial charge in [0.25, 0.3) is 5.91 Å². The molecular formula is C26H29N3O3. The van der Waals surface area contributed by atoms with Gasteiger partial charge in [-0.2, -0.15) is 0 Å². The molecule has 6 heteroatoms. The van der Waals surface area contributed by atoms with Crippen molar-refractivity contribution in [1.29, 1.82) is 0 Å². The number of benzene rings is 2. The van der Waals surface area contributed by atoms with Gasteiger partial charge in [-0.1, -0.05) is 42.5 Å². The van der Waals surface area contributed by atoms with E-state index < -0.39 is 5.54 Å². The number of hydrogen-bond acceptors (Lipinski definition) is 3. The summed E-state index contributed by atoms with van der Waals surface area (Å²) in [6.45, 7) is 6.05. The summed E-state index contributed by atoms with van der Waals surface area (Å²) in [6.07, 6.45) is 5.74. The maximum atomic E-state index is 13.0. The van der Waals surface area contributed by atoms with Crippen molar-refractivity contribution in [3.8, 4) is 0 Å². The molecule has 1 aliphatic heterocycles. The summed E-state index contributed by atoms with van der Waals surface area (Å²) in [7, 11) is 0. The molecule has 0 bridgehead atoms. The first kappa shape index (κ1) is 21.8. The minimum Gasteiger partial charge on any atom is -0.347 e. The molecule has 1 saturated heterocycles. The number of nitrogens with one attached hydrogen (secondary N) is 2. The zero-order valence-corrected chi connectivity index (χ0v) is 18.7. The van der Waals surface area contributed by atoms with Crippen molar-refractivity contribution in [2.24, 2.45) is 11.8 Å². The summed E-state index contributed by atoms with van der Waals surface area (Å²) in [5.74, 6) is -1.21. The molecule has 0 spiro atoms. The normalized spacial score (nSPS) is 20.5. The number of nitrogens with zero attached hydrogens (tertiary/aromatic N) is 1. The monoisotopic (exact) mass is 431 g/mol. The quantitative estimate of drug-likeness (QED) is 0.709. The number of carbonyl (C=O) groups excluding carboxylic acids is 3. The highest BCUT2D eigenvalue weighted by Gasteiger charge is 2.42. The third-order valence-electron chi connectivity index (χ3n) is 6.24. The van der Waals surface area contributed by atoms with Gasteiger partial charge in [0.1, 0.15) is 0 Å². The van der Waals surface area contributed by atoms with Crippen molar-refractivity contribution in [3.05, 3.63) is 77.4 Å². The fraction of sp³-hybridized carbons (Fsp3) is 0.346. The third kappa shape index (κ3) is 4.44. The zero-order chi connectivity index (χ0) is 22.9. The van der Waals surface area contributed by atoms with Crippen LogP contribution in [0.3, 0.4) is 0 Å². The Kier molecular flexibility index (Phi) is 5.87. The highest BCUT2D eigenvalue weighted by molar-refractivity contribution is 6.05. The second kappa shape index (κ2) is 8.61. The van der Waals surface area contributed by atoms with Crippen molar-refractivity contribution >= 4 is 23.4 Å². The number of allylic oxidation sites excluding steroid dienone is 2. The number of hydrazine groups is 1. The number of amides is 3. The Hall–Kier alpha value is -3.41. The number of rotatable bonds is 5. The van der Waals surface area contributed by atoms with E-state index in [-0.39, 0.29) is 29.6 Å². The molecule has 2 aliphatic rings. The lowest BCUT2D eigenvalue weighted by molar-refractivity contribution is -0.139. The third-order valence-corrected chi connectivity index (χ3v) is 6.24. The van der Waals surface area contributed by atoms with Crippen LogP contribution in [0.15, 0.2) is 60.7 Å². The van der Waals surface area contributed by atoms with Crippen LogP contribution in [0.5, 0.6) is 0 Å². The highest BCUT2D eigenvalue weighted by Crippen LogP contribution is 2.32. The van der Waals surface area contributed by atoms with Crippen LogP contribution in [0.4, 0.5) is 5.69 Å². The topological polar surface area (TPSA) is 78.5 Å². The fourth-order valence-corrected chi connectivity index (χ4v) is 4.48. The highest BCUT2D eigenvalue weighted by atomic mass is 16.2. The molecule has 4 rings (SSSR count). The summed E-state index contributed by atoms with van der Waals surface area (Å²) in [5.41, 5.74) is 5.55. The van der Waals surface area contributed by atoms with Crippen molar-refractivity contribution in [2.75, 3.05) is 5.01 Å².